The van der Waals surface area contributed by atoms with Crippen LogP contribution in [-0.2, 0) is 0 Å². The maximum absolute atomic E-state index is 5.99. The third kappa shape index (κ3) is 4.36. The molecular weight excluding hydrogens is 210 g/mol. The third-order valence-corrected chi connectivity index (χ3v) is 2.11. The first-order chi connectivity index (χ1) is 6.63. The maximum atomic E-state index is 5.99. The highest BCUT2D eigenvalue weighted by Crippen LogP contribution is 2.20. The molecule has 1 rings (SSSR count). The number of ether oxygens (including phenoxy) is 1. The minimum atomic E-state index is 0. The van der Waals surface area contributed by atoms with Crippen molar-refractivity contribution in [3.05, 3.63) is 42.0 Å². The lowest BCUT2D eigenvalue weighted by molar-refractivity contribution is 0.414. The van der Waals surface area contributed by atoms with Crippen LogP contribution < -0.4 is 10.5 Å². The van der Waals surface area contributed by atoms with E-state index in [1.807, 2.05) is 31.2 Å². The van der Waals surface area contributed by atoms with Gasteiger partial charge in [-0.3, -0.25) is 0 Å². The zero-order chi connectivity index (χ0) is 10.6. The van der Waals surface area contributed by atoms with Crippen molar-refractivity contribution in [2.75, 3.05) is 7.11 Å². The minimum absolute atomic E-state index is 0. The predicted octanol–water partition coefficient (Wildman–Crippen LogP) is 3.08. The van der Waals surface area contributed by atoms with E-state index in [0.29, 0.717) is 0 Å². The van der Waals surface area contributed by atoms with E-state index >= 15 is 0 Å². The van der Waals surface area contributed by atoms with E-state index in [9.17, 15) is 0 Å². The van der Waals surface area contributed by atoms with Crippen LogP contribution in [0.1, 0.15) is 24.9 Å². The second-order valence-electron chi connectivity index (χ2n) is 3.54. The van der Waals surface area contributed by atoms with Crippen LogP contribution in [0, 0.1) is 0 Å². The molecule has 0 radical (unpaired) electrons. The first kappa shape index (κ1) is 14.0. The predicted molar refractivity (Wildman–Crippen MR) is 66.6 cm³/mol. The second kappa shape index (κ2) is 6.49. The van der Waals surface area contributed by atoms with Gasteiger partial charge in [0, 0.05) is 6.04 Å². The van der Waals surface area contributed by atoms with Crippen molar-refractivity contribution in [2.45, 2.75) is 19.4 Å². The number of methoxy groups -OCH3 is 1. The third-order valence-electron chi connectivity index (χ3n) is 2.11. The number of nitrogens with two attached hydrogens (primary N) is 1. The lowest BCUT2D eigenvalue weighted by Crippen LogP contribution is -2.10. The van der Waals surface area contributed by atoms with Crippen molar-refractivity contribution < 1.29 is 4.74 Å². The Bertz CT molecular complexity index is 308. The van der Waals surface area contributed by atoms with Crippen molar-refractivity contribution >= 4 is 12.4 Å². The summed E-state index contributed by atoms with van der Waals surface area (Å²) in [7, 11) is 1.66. The Kier molecular flexibility index (Phi) is 6.06. The highest BCUT2D eigenvalue weighted by molar-refractivity contribution is 5.85. The standard InChI is InChI=1S/C12H17NO.ClH/c1-9(2)8-12(13)10-4-6-11(14-3)7-5-10;/h4-7,12H,1,8,13H2,2-3H3;1H/t12-;/m0./s1. The molecule has 2 nitrogen and oxygen atoms in total. The van der Waals surface area contributed by atoms with Crippen LogP contribution in [-0.4, -0.2) is 7.11 Å². The monoisotopic (exact) mass is 227 g/mol. The van der Waals surface area contributed by atoms with Gasteiger partial charge >= 0.3 is 0 Å². The Morgan fingerprint density at radius 1 is 1.40 bits per heavy atom. The van der Waals surface area contributed by atoms with Gasteiger partial charge in [-0.15, -0.1) is 19.0 Å². The van der Waals surface area contributed by atoms with Crippen molar-refractivity contribution in [3.63, 3.8) is 0 Å². The summed E-state index contributed by atoms with van der Waals surface area (Å²) < 4.78 is 5.07. The van der Waals surface area contributed by atoms with E-state index in [1.165, 1.54) is 0 Å². The Morgan fingerprint density at radius 2 is 1.93 bits per heavy atom. The van der Waals surface area contributed by atoms with E-state index in [0.717, 1.165) is 23.3 Å². The summed E-state index contributed by atoms with van der Waals surface area (Å²) in [5.74, 6) is 0.858. The Balaban J connectivity index is 0.00000196. The molecule has 15 heavy (non-hydrogen) atoms. The Labute approximate surface area is 97.5 Å². The van der Waals surface area contributed by atoms with Gasteiger partial charge in [0.15, 0.2) is 0 Å². The number of halogens is 1. The molecule has 0 amide bonds. The lowest BCUT2D eigenvalue weighted by atomic mass is 10.0. The highest BCUT2D eigenvalue weighted by atomic mass is 35.5. The molecule has 0 aliphatic carbocycles. The Morgan fingerprint density at radius 3 is 2.33 bits per heavy atom. The number of rotatable bonds is 4. The smallest absolute Gasteiger partial charge is 0.118 e. The molecule has 3 heteroatoms. The zero-order valence-corrected chi connectivity index (χ0v) is 10.0. The fraction of sp³-hybridized carbons (Fsp3) is 0.333. The van der Waals surface area contributed by atoms with Crippen molar-refractivity contribution in [3.8, 4) is 5.75 Å². The molecule has 0 saturated carbocycles. The van der Waals surface area contributed by atoms with Gasteiger partial charge in [-0.1, -0.05) is 17.7 Å². The summed E-state index contributed by atoms with van der Waals surface area (Å²) in [5, 5.41) is 0. The molecule has 2 N–H and O–H groups in total. The number of hydrogen-bond acceptors (Lipinski definition) is 2. The fourth-order valence-corrected chi connectivity index (χ4v) is 1.34. The van der Waals surface area contributed by atoms with Gasteiger partial charge in [-0.05, 0) is 31.0 Å². The molecular formula is C12H18ClNO. The summed E-state index contributed by atoms with van der Waals surface area (Å²) in [5.41, 5.74) is 8.21. The van der Waals surface area contributed by atoms with Crippen LogP contribution in [0.5, 0.6) is 5.75 Å². The first-order valence-electron chi connectivity index (χ1n) is 4.67. The van der Waals surface area contributed by atoms with E-state index in [1.54, 1.807) is 7.11 Å². The van der Waals surface area contributed by atoms with Gasteiger partial charge in [0.1, 0.15) is 5.75 Å². The molecule has 0 unspecified atom stereocenters. The highest BCUT2D eigenvalue weighted by Gasteiger charge is 2.05. The van der Waals surface area contributed by atoms with E-state index in [4.69, 9.17) is 10.5 Å². The maximum Gasteiger partial charge on any atom is 0.118 e. The summed E-state index contributed by atoms with van der Waals surface area (Å²) in [6, 6.07) is 7.87. The molecule has 0 heterocycles. The van der Waals surface area contributed by atoms with Gasteiger partial charge in [0.05, 0.1) is 7.11 Å². The van der Waals surface area contributed by atoms with Crippen LogP contribution in [0.3, 0.4) is 0 Å². The SMILES string of the molecule is C=C(C)C[C@H](N)c1ccc(OC)cc1.Cl. The second-order valence-corrected chi connectivity index (χ2v) is 3.54. The molecule has 0 saturated heterocycles. The molecule has 0 aliphatic heterocycles. The molecule has 0 fully saturated rings. The number of hydrogen-bond donors (Lipinski definition) is 1. The van der Waals surface area contributed by atoms with Gasteiger partial charge < -0.3 is 10.5 Å². The quantitative estimate of drug-likeness (QED) is 0.803. The number of benzene rings is 1. The minimum Gasteiger partial charge on any atom is -0.497 e. The molecule has 0 spiro atoms. The topological polar surface area (TPSA) is 35.2 Å². The van der Waals surface area contributed by atoms with Gasteiger partial charge in [-0.25, -0.2) is 0 Å². The van der Waals surface area contributed by atoms with Crippen LogP contribution in [0.4, 0.5) is 0 Å². The van der Waals surface area contributed by atoms with Crippen LogP contribution in [0.2, 0.25) is 0 Å². The summed E-state index contributed by atoms with van der Waals surface area (Å²) >= 11 is 0. The summed E-state index contributed by atoms with van der Waals surface area (Å²) in [6.07, 6.45) is 0.826. The van der Waals surface area contributed by atoms with Gasteiger partial charge in [-0.2, -0.15) is 0 Å². The molecule has 1 aromatic rings. The average Bonchev–Trinajstić information content (AvgIpc) is 2.17. The zero-order valence-electron chi connectivity index (χ0n) is 9.19. The first-order valence-corrected chi connectivity index (χ1v) is 4.67. The van der Waals surface area contributed by atoms with Gasteiger partial charge in [0.2, 0.25) is 0 Å². The normalized spacial score (nSPS) is 11.4. The van der Waals surface area contributed by atoms with Crippen LogP contribution in [0.15, 0.2) is 36.4 Å². The summed E-state index contributed by atoms with van der Waals surface area (Å²) in [4.78, 5) is 0. The van der Waals surface area contributed by atoms with Crippen LogP contribution in [0.25, 0.3) is 0 Å². The lowest BCUT2D eigenvalue weighted by Gasteiger charge is -2.12. The average molecular weight is 228 g/mol. The van der Waals surface area contributed by atoms with Crippen LogP contribution >= 0.6 is 12.4 Å². The van der Waals surface area contributed by atoms with E-state index in [2.05, 4.69) is 6.58 Å². The largest absolute Gasteiger partial charge is 0.497 e. The Hall–Kier alpha value is -0.990. The van der Waals surface area contributed by atoms with Crippen molar-refractivity contribution in [2.24, 2.45) is 5.73 Å². The van der Waals surface area contributed by atoms with Crippen molar-refractivity contribution in [1.29, 1.82) is 0 Å². The fourth-order valence-electron chi connectivity index (χ4n) is 1.34. The van der Waals surface area contributed by atoms with Crippen molar-refractivity contribution in [1.82, 2.24) is 0 Å². The molecule has 0 bridgehead atoms. The van der Waals surface area contributed by atoms with Gasteiger partial charge in [0.25, 0.3) is 0 Å². The molecule has 1 aromatic carbocycles. The van der Waals surface area contributed by atoms with E-state index < -0.39 is 0 Å². The summed E-state index contributed by atoms with van der Waals surface area (Å²) in [6.45, 7) is 5.84. The van der Waals surface area contributed by atoms with E-state index in [-0.39, 0.29) is 18.4 Å². The molecule has 0 aliphatic rings. The molecule has 0 aromatic heterocycles. The molecule has 1 atom stereocenters. The molecule has 84 valence electrons.